The highest BCUT2D eigenvalue weighted by Gasteiger charge is 2.33. The molecule has 110 valence electrons. The summed E-state index contributed by atoms with van der Waals surface area (Å²) in [6, 6.07) is 7.04. The van der Waals surface area contributed by atoms with Gasteiger partial charge in [0.15, 0.2) is 0 Å². The molecule has 1 aliphatic rings. The quantitative estimate of drug-likeness (QED) is 0.856. The summed E-state index contributed by atoms with van der Waals surface area (Å²) in [5, 5.41) is 3.45. The number of carbonyl (C=O) groups excluding carboxylic acids is 2. The number of benzene rings is 1. The van der Waals surface area contributed by atoms with Crippen molar-refractivity contribution in [3.05, 3.63) is 36.0 Å². The van der Waals surface area contributed by atoms with Crippen molar-refractivity contribution in [1.82, 2.24) is 15.2 Å². The van der Waals surface area contributed by atoms with E-state index < -0.39 is 6.04 Å². The van der Waals surface area contributed by atoms with Gasteiger partial charge in [-0.3, -0.25) is 9.59 Å². The summed E-state index contributed by atoms with van der Waals surface area (Å²) in [5.74, 6) is -0.354. The van der Waals surface area contributed by atoms with Crippen molar-refractivity contribution in [3.8, 4) is 0 Å². The van der Waals surface area contributed by atoms with Crippen LogP contribution in [0.1, 0.15) is 10.4 Å². The van der Waals surface area contributed by atoms with Gasteiger partial charge in [-0.25, -0.2) is 0 Å². The molecule has 1 aromatic carbocycles. The van der Waals surface area contributed by atoms with E-state index in [9.17, 15) is 9.59 Å². The van der Waals surface area contributed by atoms with E-state index in [0.29, 0.717) is 18.7 Å². The van der Waals surface area contributed by atoms with Crippen molar-refractivity contribution in [3.63, 3.8) is 0 Å². The fourth-order valence-electron chi connectivity index (χ4n) is 2.63. The lowest BCUT2D eigenvalue weighted by atomic mass is 10.1. The van der Waals surface area contributed by atoms with Crippen LogP contribution in [0.25, 0.3) is 10.9 Å². The van der Waals surface area contributed by atoms with E-state index >= 15 is 0 Å². The number of ether oxygens (including phenoxy) is 1. The Labute approximate surface area is 122 Å². The van der Waals surface area contributed by atoms with Crippen molar-refractivity contribution in [1.29, 1.82) is 0 Å². The van der Waals surface area contributed by atoms with Gasteiger partial charge >= 0.3 is 0 Å². The van der Waals surface area contributed by atoms with Gasteiger partial charge in [0.25, 0.3) is 5.91 Å². The molecule has 1 aliphatic heterocycles. The van der Waals surface area contributed by atoms with Gasteiger partial charge in [0.2, 0.25) is 5.91 Å². The van der Waals surface area contributed by atoms with Crippen LogP contribution in [0.2, 0.25) is 0 Å². The van der Waals surface area contributed by atoms with Crippen LogP contribution in [-0.2, 0) is 9.53 Å². The first-order valence-corrected chi connectivity index (χ1v) is 6.89. The fraction of sp³-hybridized carbons (Fsp3) is 0.333. The van der Waals surface area contributed by atoms with E-state index in [0.717, 1.165) is 10.9 Å². The number of aromatic amines is 1. The minimum absolute atomic E-state index is 0.149. The average Bonchev–Trinajstić information content (AvgIpc) is 2.97. The second-order valence-corrected chi connectivity index (χ2v) is 4.95. The highest BCUT2D eigenvalue weighted by Crippen LogP contribution is 2.21. The van der Waals surface area contributed by atoms with Crippen LogP contribution < -0.4 is 5.32 Å². The topological polar surface area (TPSA) is 74.4 Å². The Balaban J connectivity index is 1.94. The Morgan fingerprint density at radius 1 is 1.38 bits per heavy atom. The predicted molar refractivity (Wildman–Crippen MR) is 78.0 cm³/mol. The maximum absolute atomic E-state index is 12.8. The molecule has 6 heteroatoms. The van der Waals surface area contributed by atoms with Crippen LogP contribution in [0.3, 0.4) is 0 Å². The van der Waals surface area contributed by atoms with Crippen molar-refractivity contribution < 1.29 is 14.3 Å². The van der Waals surface area contributed by atoms with Gasteiger partial charge < -0.3 is 19.9 Å². The number of nitrogens with one attached hydrogen (secondary N) is 2. The molecule has 2 amide bonds. The van der Waals surface area contributed by atoms with E-state index in [1.54, 1.807) is 18.1 Å². The minimum Gasteiger partial charge on any atom is -0.377 e. The number of likely N-dealkylation sites (N-methyl/N-ethyl adjacent to an activating group) is 1. The van der Waals surface area contributed by atoms with Crippen LogP contribution in [-0.4, -0.2) is 54.5 Å². The number of hydrogen-bond acceptors (Lipinski definition) is 3. The zero-order valence-corrected chi connectivity index (χ0v) is 11.8. The number of carbonyl (C=O) groups is 2. The molecule has 1 aromatic heterocycles. The van der Waals surface area contributed by atoms with Gasteiger partial charge in [-0.05, 0) is 6.07 Å². The molecule has 6 nitrogen and oxygen atoms in total. The van der Waals surface area contributed by atoms with Crippen LogP contribution in [0.5, 0.6) is 0 Å². The number of rotatable bonds is 2. The van der Waals surface area contributed by atoms with Gasteiger partial charge in [-0.2, -0.15) is 0 Å². The zero-order chi connectivity index (χ0) is 14.8. The van der Waals surface area contributed by atoms with Gasteiger partial charge in [-0.15, -0.1) is 0 Å². The number of nitrogens with zero attached hydrogens (tertiary/aromatic N) is 1. The van der Waals surface area contributed by atoms with Crippen molar-refractivity contribution in [2.45, 2.75) is 6.04 Å². The molecule has 21 heavy (non-hydrogen) atoms. The Bertz CT molecular complexity index is 680. The predicted octanol–water partition coefficient (Wildman–Crippen LogP) is 0.755. The third-order valence-electron chi connectivity index (χ3n) is 3.76. The van der Waals surface area contributed by atoms with E-state index in [4.69, 9.17) is 4.74 Å². The van der Waals surface area contributed by atoms with Crippen molar-refractivity contribution in [2.75, 3.05) is 26.8 Å². The summed E-state index contributed by atoms with van der Waals surface area (Å²) in [6.07, 6.45) is 1.70. The van der Waals surface area contributed by atoms with Crippen LogP contribution in [0.4, 0.5) is 0 Å². The van der Waals surface area contributed by atoms with Gasteiger partial charge in [-0.1, -0.05) is 18.2 Å². The zero-order valence-electron chi connectivity index (χ0n) is 11.8. The number of aromatic nitrogens is 1. The molecule has 2 aromatic rings. The Kier molecular flexibility index (Phi) is 3.62. The van der Waals surface area contributed by atoms with Crippen LogP contribution in [0.15, 0.2) is 30.5 Å². The monoisotopic (exact) mass is 287 g/mol. The number of morpholine rings is 1. The normalized spacial score (nSPS) is 18.7. The molecule has 1 fully saturated rings. The first kappa shape index (κ1) is 13.6. The van der Waals surface area contributed by atoms with Crippen molar-refractivity contribution >= 4 is 22.7 Å². The van der Waals surface area contributed by atoms with Gasteiger partial charge in [0, 0.05) is 30.7 Å². The van der Waals surface area contributed by atoms with Crippen LogP contribution in [0, 0.1) is 0 Å². The smallest absolute Gasteiger partial charge is 0.256 e. The van der Waals surface area contributed by atoms with Crippen LogP contribution >= 0.6 is 0 Å². The molecule has 1 unspecified atom stereocenters. The molecule has 2 heterocycles. The minimum atomic E-state index is -0.579. The molecule has 0 bridgehead atoms. The Morgan fingerprint density at radius 2 is 2.19 bits per heavy atom. The van der Waals surface area contributed by atoms with Gasteiger partial charge in [0.05, 0.1) is 18.8 Å². The maximum Gasteiger partial charge on any atom is 0.256 e. The molecule has 0 radical (unpaired) electrons. The molecule has 2 N–H and O–H groups in total. The van der Waals surface area contributed by atoms with E-state index in [1.807, 2.05) is 24.3 Å². The molecule has 0 saturated carbocycles. The molecule has 0 spiro atoms. The average molecular weight is 287 g/mol. The second-order valence-electron chi connectivity index (χ2n) is 4.95. The van der Waals surface area contributed by atoms with E-state index in [1.165, 1.54) is 0 Å². The summed E-state index contributed by atoms with van der Waals surface area (Å²) in [6.45, 7) is 1.09. The first-order valence-electron chi connectivity index (χ1n) is 6.89. The summed E-state index contributed by atoms with van der Waals surface area (Å²) in [4.78, 5) is 29.4. The molecular formula is C15H17N3O3. The molecule has 1 saturated heterocycles. The number of amides is 2. The largest absolute Gasteiger partial charge is 0.377 e. The molecule has 3 rings (SSSR count). The molecule has 0 aliphatic carbocycles. The number of hydrogen-bond donors (Lipinski definition) is 2. The maximum atomic E-state index is 12.8. The molecule has 1 atom stereocenters. The Hall–Kier alpha value is -2.34. The van der Waals surface area contributed by atoms with Gasteiger partial charge in [0.1, 0.15) is 6.04 Å². The summed E-state index contributed by atoms with van der Waals surface area (Å²) in [5.41, 5.74) is 1.49. The highest BCUT2D eigenvalue weighted by atomic mass is 16.5. The van der Waals surface area contributed by atoms with Crippen molar-refractivity contribution in [2.24, 2.45) is 0 Å². The SMILES string of the molecule is CNC(=O)C1COCCN1C(=O)c1c[nH]c2ccccc12. The third-order valence-corrected chi connectivity index (χ3v) is 3.76. The standard InChI is InChI=1S/C15H17N3O3/c1-16-14(19)13-9-21-7-6-18(13)15(20)11-8-17-12-5-3-2-4-10(11)12/h2-5,8,13,17H,6-7,9H2,1H3,(H,16,19). The lowest BCUT2D eigenvalue weighted by Gasteiger charge is -2.34. The first-order chi connectivity index (χ1) is 10.2. The Morgan fingerprint density at radius 3 is 3.00 bits per heavy atom. The summed E-state index contributed by atoms with van der Waals surface area (Å²) >= 11 is 0. The lowest BCUT2D eigenvalue weighted by Crippen LogP contribution is -2.55. The fourth-order valence-corrected chi connectivity index (χ4v) is 2.63. The summed E-state index contributed by atoms with van der Waals surface area (Å²) in [7, 11) is 1.56. The van der Waals surface area contributed by atoms with E-state index in [2.05, 4.69) is 10.3 Å². The second kappa shape index (κ2) is 5.57. The number of H-pyrrole nitrogens is 1. The van der Waals surface area contributed by atoms with E-state index in [-0.39, 0.29) is 18.4 Å². The number of para-hydroxylation sites is 1. The highest BCUT2D eigenvalue weighted by molar-refractivity contribution is 6.07. The lowest BCUT2D eigenvalue weighted by molar-refractivity contribution is -0.130. The molecular weight excluding hydrogens is 270 g/mol. The summed E-state index contributed by atoms with van der Waals surface area (Å²) < 4.78 is 5.33. The number of fused-ring (bicyclic) bond motifs is 1. The third kappa shape index (κ3) is 2.38.